The van der Waals surface area contributed by atoms with E-state index in [0.29, 0.717) is 36.1 Å². The summed E-state index contributed by atoms with van der Waals surface area (Å²) >= 11 is 0. The maximum absolute atomic E-state index is 12.8. The molecule has 0 atom stereocenters. The van der Waals surface area contributed by atoms with Crippen molar-refractivity contribution in [3.63, 3.8) is 0 Å². The number of hydrogen-bond donors (Lipinski definition) is 3. The van der Waals surface area contributed by atoms with Gasteiger partial charge in [0.2, 0.25) is 6.79 Å². The zero-order valence-electron chi connectivity index (χ0n) is 17.8. The average molecular weight is 571 g/mol. The molecule has 1 aliphatic rings. The van der Waals surface area contributed by atoms with Crippen molar-refractivity contribution in [2.24, 2.45) is 4.99 Å². The van der Waals surface area contributed by atoms with Crippen molar-refractivity contribution in [2.75, 3.05) is 13.3 Å². The first-order valence-electron chi connectivity index (χ1n) is 10.1. The van der Waals surface area contributed by atoms with Gasteiger partial charge < -0.3 is 29.8 Å². The first-order chi connectivity index (χ1) is 15.6. The number of ether oxygens (including phenoxy) is 3. The number of aliphatic imine (C=N–C) groups is 1. The van der Waals surface area contributed by atoms with Crippen molar-refractivity contribution < 1.29 is 23.0 Å². The minimum Gasteiger partial charge on any atom is -0.454 e. The summed E-state index contributed by atoms with van der Waals surface area (Å²) in [5.41, 5.74) is 2.41. The highest BCUT2D eigenvalue weighted by Gasteiger charge is 2.20. The van der Waals surface area contributed by atoms with Gasteiger partial charge in [0.1, 0.15) is 11.6 Å². The SMILES string of the molecule is CCNC(=NCc1cc2c(cc1OC(F)F)OCO2)NCc1ncc(-c2ccccc2)[nH]1.I. The van der Waals surface area contributed by atoms with Crippen LogP contribution in [0.1, 0.15) is 18.3 Å². The fraction of sp³-hybridized carbons (Fsp3) is 0.273. The second kappa shape index (κ2) is 11.7. The molecule has 0 amide bonds. The number of guanidine groups is 1. The maximum Gasteiger partial charge on any atom is 0.387 e. The third-order valence-electron chi connectivity index (χ3n) is 4.66. The number of fused-ring (bicyclic) bond motifs is 1. The number of benzene rings is 2. The first-order valence-corrected chi connectivity index (χ1v) is 10.1. The van der Waals surface area contributed by atoms with E-state index in [1.165, 1.54) is 6.07 Å². The van der Waals surface area contributed by atoms with Gasteiger partial charge in [-0.2, -0.15) is 8.78 Å². The Morgan fingerprint density at radius 1 is 1.18 bits per heavy atom. The van der Waals surface area contributed by atoms with E-state index in [1.807, 2.05) is 37.3 Å². The maximum atomic E-state index is 12.8. The number of aromatic nitrogens is 2. The molecule has 3 N–H and O–H groups in total. The Labute approximate surface area is 206 Å². The fourth-order valence-corrected chi connectivity index (χ4v) is 3.18. The highest BCUT2D eigenvalue weighted by Crippen LogP contribution is 2.39. The van der Waals surface area contributed by atoms with E-state index in [0.717, 1.165) is 17.1 Å². The lowest BCUT2D eigenvalue weighted by molar-refractivity contribution is -0.0505. The van der Waals surface area contributed by atoms with Crippen molar-refractivity contribution in [2.45, 2.75) is 26.6 Å². The van der Waals surface area contributed by atoms with E-state index >= 15 is 0 Å². The summed E-state index contributed by atoms with van der Waals surface area (Å²) in [6, 6.07) is 12.9. The molecule has 0 unspecified atom stereocenters. The normalized spacial score (nSPS) is 12.4. The number of rotatable bonds is 8. The van der Waals surface area contributed by atoms with Gasteiger partial charge in [-0.1, -0.05) is 30.3 Å². The summed E-state index contributed by atoms with van der Waals surface area (Å²) in [7, 11) is 0. The number of imidazole rings is 1. The molecule has 8 nitrogen and oxygen atoms in total. The highest BCUT2D eigenvalue weighted by molar-refractivity contribution is 14.0. The molecule has 0 saturated heterocycles. The van der Waals surface area contributed by atoms with Crippen molar-refractivity contribution in [1.29, 1.82) is 0 Å². The van der Waals surface area contributed by atoms with Crippen LogP contribution in [0.5, 0.6) is 17.2 Å². The number of H-pyrrole nitrogens is 1. The standard InChI is InChI=1S/C22H23F2N5O3.HI/c1-2-25-22(28-12-20-26-11-16(29-20)14-6-4-3-5-7-14)27-10-15-8-18-19(31-13-30-18)9-17(15)32-21(23)24;/h3-9,11,21H,2,10,12-13H2,1H3,(H,26,29)(H2,25,27,28);1H. The van der Waals surface area contributed by atoms with Crippen molar-refractivity contribution in [3.8, 4) is 28.5 Å². The smallest absolute Gasteiger partial charge is 0.387 e. The van der Waals surface area contributed by atoms with Crippen LogP contribution < -0.4 is 24.8 Å². The molecule has 2 aromatic carbocycles. The molecule has 0 saturated carbocycles. The Hall–Kier alpha value is -3.09. The van der Waals surface area contributed by atoms with Gasteiger partial charge in [0.15, 0.2) is 17.5 Å². The Kier molecular flexibility index (Phi) is 8.69. The van der Waals surface area contributed by atoms with Crippen LogP contribution in [0.4, 0.5) is 8.78 Å². The van der Waals surface area contributed by atoms with Crippen LogP contribution in [-0.4, -0.2) is 35.9 Å². The predicted molar refractivity (Wildman–Crippen MR) is 130 cm³/mol. The average Bonchev–Trinajstić information content (AvgIpc) is 3.45. The van der Waals surface area contributed by atoms with Gasteiger partial charge in [-0.3, -0.25) is 0 Å². The van der Waals surface area contributed by atoms with E-state index in [9.17, 15) is 8.78 Å². The van der Waals surface area contributed by atoms with Crippen LogP contribution in [0.2, 0.25) is 0 Å². The molecule has 2 heterocycles. The first kappa shape index (κ1) is 24.6. The zero-order chi connectivity index (χ0) is 22.3. The number of aromatic amines is 1. The summed E-state index contributed by atoms with van der Waals surface area (Å²) in [6.07, 6.45) is 1.77. The molecule has 176 valence electrons. The summed E-state index contributed by atoms with van der Waals surface area (Å²) in [6.45, 7) is 0.141. The van der Waals surface area contributed by atoms with Crippen LogP contribution in [0.25, 0.3) is 11.3 Å². The zero-order valence-corrected chi connectivity index (χ0v) is 20.1. The van der Waals surface area contributed by atoms with Crippen molar-refractivity contribution >= 4 is 29.9 Å². The monoisotopic (exact) mass is 571 g/mol. The summed E-state index contributed by atoms with van der Waals surface area (Å²) in [4.78, 5) is 12.2. The van der Waals surface area contributed by atoms with Crippen LogP contribution in [-0.2, 0) is 13.1 Å². The van der Waals surface area contributed by atoms with Crippen molar-refractivity contribution in [3.05, 3.63) is 60.0 Å². The van der Waals surface area contributed by atoms with Gasteiger partial charge in [0.05, 0.1) is 25.0 Å². The second-order valence-corrected chi connectivity index (χ2v) is 6.85. The predicted octanol–water partition coefficient (Wildman–Crippen LogP) is 4.28. The minimum atomic E-state index is -2.96. The van der Waals surface area contributed by atoms with E-state index < -0.39 is 6.61 Å². The van der Waals surface area contributed by atoms with Crippen LogP contribution in [0, 0.1) is 0 Å². The molecule has 0 spiro atoms. The van der Waals surface area contributed by atoms with E-state index in [2.05, 4.69) is 30.3 Å². The van der Waals surface area contributed by atoms with E-state index in [1.54, 1.807) is 12.3 Å². The van der Waals surface area contributed by atoms with Gasteiger partial charge in [-0.05, 0) is 18.6 Å². The van der Waals surface area contributed by atoms with E-state index in [-0.39, 0.29) is 43.1 Å². The topological polar surface area (TPSA) is 92.8 Å². The highest BCUT2D eigenvalue weighted by atomic mass is 127. The lowest BCUT2D eigenvalue weighted by atomic mass is 10.1. The summed E-state index contributed by atoms with van der Waals surface area (Å²) in [5.74, 6) is 2.08. The van der Waals surface area contributed by atoms with Crippen LogP contribution in [0.15, 0.2) is 53.7 Å². The van der Waals surface area contributed by atoms with Gasteiger partial charge in [0.25, 0.3) is 0 Å². The molecule has 3 aromatic rings. The fourth-order valence-electron chi connectivity index (χ4n) is 3.18. The van der Waals surface area contributed by atoms with Gasteiger partial charge in [0, 0.05) is 18.2 Å². The third-order valence-corrected chi connectivity index (χ3v) is 4.66. The quantitative estimate of drug-likeness (QED) is 0.213. The second-order valence-electron chi connectivity index (χ2n) is 6.85. The molecule has 0 fully saturated rings. The Morgan fingerprint density at radius 3 is 2.67 bits per heavy atom. The Bertz CT molecular complexity index is 1080. The largest absolute Gasteiger partial charge is 0.454 e. The summed E-state index contributed by atoms with van der Waals surface area (Å²) < 4.78 is 40.9. The third kappa shape index (κ3) is 6.46. The number of alkyl halides is 2. The van der Waals surface area contributed by atoms with Gasteiger partial charge in [-0.15, -0.1) is 24.0 Å². The molecule has 1 aliphatic heterocycles. The number of nitrogens with one attached hydrogen (secondary N) is 3. The number of nitrogens with zero attached hydrogens (tertiary/aromatic N) is 2. The minimum absolute atomic E-state index is 0. The lowest BCUT2D eigenvalue weighted by Gasteiger charge is -2.13. The number of hydrogen-bond acceptors (Lipinski definition) is 5. The summed E-state index contributed by atoms with van der Waals surface area (Å²) in [5, 5.41) is 6.31. The molecule has 11 heteroatoms. The molecular weight excluding hydrogens is 547 g/mol. The molecular formula is C22H24F2IN5O3. The van der Waals surface area contributed by atoms with Crippen molar-refractivity contribution in [1.82, 2.24) is 20.6 Å². The molecule has 1 aromatic heterocycles. The lowest BCUT2D eigenvalue weighted by Crippen LogP contribution is -2.37. The van der Waals surface area contributed by atoms with Gasteiger partial charge >= 0.3 is 6.61 Å². The van der Waals surface area contributed by atoms with Crippen LogP contribution >= 0.6 is 24.0 Å². The molecule has 33 heavy (non-hydrogen) atoms. The van der Waals surface area contributed by atoms with E-state index in [4.69, 9.17) is 9.47 Å². The Balaban J connectivity index is 0.00000306. The molecule has 0 aliphatic carbocycles. The van der Waals surface area contributed by atoms with Crippen LogP contribution in [0.3, 0.4) is 0 Å². The molecule has 4 rings (SSSR count). The number of halogens is 3. The van der Waals surface area contributed by atoms with Gasteiger partial charge in [-0.25, -0.2) is 9.98 Å². The molecule has 0 bridgehead atoms. The molecule has 0 radical (unpaired) electrons. The Morgan fingerprint density at radius 2 is 1.94 bits per heavy atom.